The van der Waals surface area contributed by atoms with Gasteiger partial charge in [-0.15, -0.1) is 0 Å². The van der Waals surface area contributed by atoms with Gasteiger partial charge in [-0.3, -0.25) is 14.4 Å². The molecule has 1 saturated heterocycles. The maximum Gasteiger partial charge on any atom is 0.340 e. The molecule has 4 aliphatic rings. The van der Waals surface area contributed by atoms with Gasteiger partial charge < -0.3 is 4.74 Å². The van der Waals surface area contributed by atoms with Crippen LogP contribution in [0.4, 0.5) is 5.69 Å². The number of carbonyl (C=O) groups is 4. The van der Waals surface area contributed by atoms with Gasteiger partial charge in [0.1, 0.15) is 5.78 Å². The van der Waals surface area contributed by atoms with E-state index in [-0.39, 0.29) is 29.1 Å². The summed E-state index contributed by atoms with van der Waals surface area (Å²) >= 11 is 0. The van der Waals surface area contributed by atoms with Gasteiger partial charge in [0.2, 0.25) is 11.8 Å². The van der Waals surface area contributed by atoms with E-state index in [1.165, 1.54) is 6.92 Å². The van der Waals surface area contributed by atoms with Gasteiger partial charge in [0.15, 0.2) is 0 Å². The SMILES string of the molecule is CC(=O)C12c3ccccc3C(c3ccccc31)[C@H]1C(=O)N(c3ccccc3C(=O)OC(C)C)C(=O)[C@H]12. The van der Waals surface area contributed by atoms with Gasteiger partial charge in [0.05, 0.1) is 34.6 Å². The number of benzene rings is 3. The summed E-state index contributed by atoms with van der Waals surface area (Å²) < 4.78 is 5.40. The molecule has 3 aromatic carbocycles. The molecule has 2 bridgehead atoms. The molecule has 0 radical (unpaired) electrons. The molecule has 1 aliphatic heterocycles. The number of anilines is 1. The van der Waals surface area contributed by atoms with Crippen LogP contribution < -0.4 is 4.90 Å². The largest absolute Gasteiger partial charge is 0.459 e. The molecule has 2 atom stereocenters. The Balaban J connectivity index is 1.59. The zero-order valence-electron chi connectivity index (χ0n) is 20.2. The second-order valence-corrected chi connectivity index (χ2v) is 10.0. The van der Waals surface area contributed by atoms with Gasteiger partial charge >= 0.3 is 5.97 Å². The number of hydrogen-bond donors (Lipinski definition) is 0. The minimum Gasteiger partial charge on any atom is -0.459 e. The van der Waals surface area contributed by atoms with Crippen LogP contribution in [0.15, 0.2) is 72.8 Å². The molecule has 0 unspecified atom stereocenters. The molecule has 7 rings (SSSR count). The normalized spacial score (nSPS) is 25.4. The highest BCUT2D eigenvalue weighted by Gasteiger charge is 2.70. The summed E-state index contributed by atoms with van der Waals surface area (Å²) in [6, 6.07) is 21.8. The number of nitrogens with zero attached hydrogens (tertiary/aromatic N) is 1. The van der Waals surface area contributed by atoms with Crippen LogP contribution in [0, 0.1) is 11.8 Å². The van der Waals surface area contributed by atoms with Crippen molar-refractivity contribution in [3.63, 3.8) is 0 Å². The number of esters is 1. The average Bonchev–Trinajstić information content (AvgIpc) is 3.14. The highest BCUT2D eigenvalue weighted by atomic mass is 16.5. The van der Waals surface area contributed by atoms with Crippen molar-refractivity contribution in [2.24, 2.45) is 11.8 Å². The molecule has 6 heteroatoms. The Morgan fingerprint density at radius 1 is 0.833 bits per heavy atom. The molecule has 0 spiro atoms. The third kappa shape index (κ3) is 2.67. The number of carbonyl (C=O) groups excluding carboxylic acids is 4. The van der Waals surface area contributed by atoms with Crippen molar-refractivity contribution in [1.29, 1.82) is 0 Å². The number of ketones is 1. The molecular weight excluding hydrogens is 454 g/mol. The zero-order chi connectivity index (χ0) is 25.4. The molecule has 0 saturated carbocycles. The van der Waals surface area contributed by atoms with Gasteiger partial charge in [-0.25, -0.2) is 9.69 Å². The molecule has 1 fully saturated rings. The van der Waals surface area contributed by atoms with Crippen LogP contribution in [0.3, 0.4) is 0 Å². The number of amides is 2. The van der Waals surface area contributed by atoms with Crippen molar-refractivity contribution in [3.8, 4) is 0 Å². The molecule has 2 amide bonds. The number of imide groups is 1. The number of Topliss-reactive ketones (excluding diaryl/α,β-unsaturated/α-hetero) is 1. The first-order chi connectivity index (χ1) is 17.3. The Bertz CT molecular complexity index is 1420. The average molecular weight is 480 g/mol. The van der Waals surface area contributed by atoms with Crippen LogP contribution in [0.5, 0.6) is 0 Å². The lowest BCUT2D eigenvalue weighted by Crippen LogP contribution is -2.57. The highest BCUT2D eigenvalue weighted by molar-refractivity contribution is 6.27. The summed E-state index contributed by atoms with van der Waals surface area (Å²) in [5, 5.41) is 0. The molecule has 0 aromatic heterocycles. The van der Waals surface area contributed by atoms with Crippen LogP contribution in [-0.2, 0) is 24.5 Å². The summed E-state index contributed by atoms with van der Waals surface area (Å²) in [6.07, 6.45) is -0.362. The molecule has 6 nitrogen and oxygen atoms in total. The fourth-order valence-electron chi connectivity index (χ4n) is 6.73. The number of para-hydroxylation sites is 1. The fourth-order valence-corrected chi connectivity index (χ4v) is 6.73. The molecule has 36 heavy (non-hydrogen) atoms. The second-order valence-electron chi connectivity index (χ2n) is 10.0. The molecule has 3 aromatic rings. The highest BCUT2D eigenvalue weighted by Crippen LogP contribution is 2.64. The fraction of sp³-hybridized carbons (Fsp3) is 0.267. The summed E-state index contributed by atoms with van der Waals surface area (Å²) in [6.45, 7) is 4.98. The smallest absolute Gasteiger partial charge is 0.340 e. The minimum atomic E-state index is -1.28. The van der Waals surface area contributed by atoms with Gasteiger partial charge in [-0.1, -0.05) is 60.7 Å². The Morgan fingerprint density at radius 2 is 1.39 bits per heavy atom. The number of hydrogen-bond acceptors (Lipinski definition) is 5. The first-order valence-corrected chi connectivity index (χ1v) is 12.2. The van der Waals surface area contributed by atoms with Crippen molar-refractivity contribution < 1.29 is 23.9 Å². The Morgan fingerprint density at radius 3 is 1.97 bits per heavy atom. The Hall–Kier alpha value is -4.06. The van der Waals surface area contributed by atoms with Crippen molar-refractivity contribution in [1.82, 2.24) is 0 Å². The van der Waals surface area contributed by atoms with E-state index < -0.39 is 35.0 Å². The van der Waals surface area contributed by atoms with E-state index in [1.807, 2.05) is 48.5 Å². The van der Waals surface area contributed by atoms with E-state index in [2.05, 4.69) is 0 Å². The van der Waals surface area contributed by atoms with E-state index in [0.29, 0.717) is 0 Å². The molecular formula is C30H25NO5. The van der Waals surface area contributed by atoms with Crippen LogP contribution in [0.1, 0.15) is 59.3 Å². The van der Waals surface area contributed by atoms with Crippen LogP contribution >= 0.6 is 0 Å². The second kappa shape index (κ2) is 7.72. The summed E-state index contributed by atoms with van der Waals surface area (Å²) in [7, 11) is 0. The predicted octanol–water partition coefficient (Wildman–Crippen LogP) is 4.39. The lowest BCUT2D eigenvalue weighted by atomic mass is 9.46. The molecule has 1 heterocycles. The lowest BCUT2D eigenvalue weighted by Gasteiger charge is -2.52. The van der Waals surface area contributed by atoms with E-state index in [9.17, 15) is 19.2 Å². The molecule has 3 aliphatic carbocycles. The first kappa shape index (κ1) is 22.4. The predicted molar refractivity (Wildman–Crippen MR) is 133 cm³/mol. The summed E-state index contributed by atoms with van der Waals surface area (Å²) in [5.41, 5.74) is 2.45. The molecule has 0 N–H and O–H groups in total. The third-order valence-corrected chi connectivity index (χ3v) is 7.88. The monoisotopic (exact) mass is 479 g/mol. The third-order valence-electron chi connectivity index (χ3n) is 7.88. The van der Waals surface area contributed by atoms with E-state index in [4.69, 9.17) is 4.74 Å². The Labute approximate surface area is 208 Å². The maximum atomic E-state index is 14.3. The van der Waals surface area contributed by atoms with Crippen LogP contribution in [0.2, 0.25) is 0 Å². The van der Waals surface area contributed by atoms with Gasteiger partial charge in [0.25, 0.3) is 0 Å². The summed E-state index contributed by atoms with van der Waals surface area (Å²) in [5.74, 6) is -3.64. The van der Waals surface area contributed by atoms with Crippen molar-refractivity contribution in [2.45, 2.75) is 38.2 Å². The van der Waals surface area contributed by atoms with Gasteiger partial charge in [0, 0.05) is 5.92 Å². The number of ether oxygens (including phenoxy) is 1. The van der Waals surface area contributed by atoms with Crippen molar-refractivity contribution in [3.05, 3.63) is 101 Å². The van der Waals surface area contributed by atoms with E-state index in [1.54, 1.807) is 38.1 Å². The van der Waals surface area contributed by atoms with Crippen LogP contribution in [-0.4, -0.2) is 29.7 Å². The summed E-state index contributed by atoms with van der Waals surface area (Å²) in [4.78, 5) is 56.1. The van der Waals surface area contributed by atoms with Crippen molar-refractivity contribution in [2.75, 3.05) is 4.90 Å². The topological polar surface area (TPSA) is 80.8 Å². The first-order valence-electron chi connectivity index (χ1n) is 12.2. The number of rotatable bonds is 4. The van der Waals surface area contributed by atoms with Gasteiger partial charge in [-0.2, -0.15) is 0 Å². The van der Waals surface area contributed by atoms with Gasteiger partial charge in [-0.05, 0) is 55.2 Å². The maximum absolute atomic E-state index is 14.3. The minimum absolute atomic E-state index is 0.144. The van der Waals surface area contributed by atoms with Crippen molar-refractivity contribution >= 4 is 29.3 Å². The molecule has 180 valence electrons. The lowest BCUT2D eigenvalue weighted by molar-refractivity contribution is -0.132. The van der Waals surface area contributed by atoms with E-state index in [0.717, 1.165) is 27.2 Å². The van der Waals surface area contributed by atoms with E-state index >= 15 is 0 Å². The van der Waals surface area contributed by atoms with Crippen LogP contribution in [0.25, 0.3) is 0 Å². The standard InChI is InChI=1S/C30H25NO5/c1-16(2)36-29(35)20-12-6-9-15-23(20)31-27(33)25-24-18-10-4-7-13-21(18)30(17(3)32,26(25)28(31)34)22-14-8-5-11-19(22)24/h4-16,24-26H,1-3H3/t24?,25-,26+,30?/m1/s1. The zero-order valence-corrected chi connectivity index (χ0v) is 20.2. The quantitative estimate of drug-likeness (QED) is 0.410. The Kier molecular flexibility index (Phi) is 4.80.